The number of benzene rings is 2. The molecule has 2 rings (SSSR count). The topological polar surface area (TPSA) is 49.3 Å². The average molecular weight is 276 g/mol. The number of phenolic OH excluding ortho intramolecular Hbond substituents is 1. The second kappa shape index (κ2) is 5.76. The summed E-state index contributed by atoms with van der Waals surface area (Å²) in [4.78, 5) is 12.0. The van der Waals surface area contributed by atoms with E-state index in [9.17, 15) is 9.90 Å². The zero-order chi connectivity index (χ0) is 13.8. The van der Waals surface area contributed by atoms with E-state index in [2.05, 4.69) is 12.2 Å². The number of hydrogen-bond acceptors (Lipinski definition) is 2. The number of aromatic hydroxyl groups is 1. The summed E-state index contributed by atoms with van der Waals surface area (Å²) in [7, 11) is 0. The van der Waals surface area contributed by atoms with Crippen LogP contribution >= 0.6 is 11.6 Å². The highest BCUT2D eigenvalue weighted by Crippen LogP contribution is 2.26. The number of aryl methyl sites for hydroxylation is 1. The predicted molar refractivity (Wildman–Crippen MR) is 76.9 cm³/mol. The maximum atomic E-state index is 12.0. The standard InChI is InChI=1S/C15H14ClNO2/c1-2-10-3-5-11(6-4-10)15(19)17-12-7-8-13(16)14(18)9-12/h3-9,18H,2H2,1H3,(H,17,19). The van der Waals surface area contributed by atoms with Crippen molar-refractivity contribution in [3.8, 4) is 5.75 Å². The molecule has 98 valence electrons. The van der Waals surface area contributed by atoms with E-state index in [1.807, 2.05) is 12.1 Å². The molecule has 19 heavy (non-hydrogen) atoms. The normalized spacial score (nSPS) is 10.2. The molecular weight excluding hydrogens is 262 g/mol. The van der Waals surface area contributed by atoms with Crippen LogP contribution in [-0.4, -0.2) is 11.0 Å². The average Bonchev–Trinajstić information content (AvgIpc) is 2.43. The van der Waals surface area contributed by atoms with Gasteiger partial charge < -0.3 is 10.4 Å². The number of carbonyl (C=O) groups excluding carboxylic acids is 1. The fourth-order valence-corrected chi connectivity index (χ4v) is 1.80. The minimum atomic E-state index is -0.218. The Bertz CT molecular complexity index is 594. The first kappa shape index (κ1) is 13.4. The first-order valence-electron chi connectivity index (χ1n) is 5.99. The van der Waals surface area contributed by atoms with Crippen LogP contribution in [0.15, 0.2) is 42.5 Å². The van der Waals surface area contributed by atoms with Gasteiger partial charge in [0, 0.05) is 17.3 Å². The maximum Gasteiger partial charge on any atom is 0.255 e. The molecule has 0 aliphatic heterocycles. The molecule has 4 heteroatoms. The van der Waals surface area contributed by atoms with E-state index >= 15 is 0 Å². The van der Waals surface area contributed by atoms with E-state index in [4.69, 9.17) is 11.6 Å². The Kier molecular flexibility index (Phi) is 4.07. The van der Waals surface area contributed by atoms with Gasteiger partial charge in [-0.3, -0.25) is 4.79 Å². The molecule has 2 aromatic carbocycles. The van der Waals surface area contributed by atoms with Crippen molar-refractivity contribution in [2.45, 2.75) is 13.3 Å². The highest BCUT2D eigenvalue weighted by atomic mass is 35.5. The molecule has 1 amide bonds. The lowest BCUT2D eigenvalue weighted by atomic mass is 10.1. The summed E-state index contributed by atoms with van der Waals surface area (Å²) in [5.41, 5.74) is 2.26. The van der Waals surface area contributed by atoms with Gasteiger partial charge in [0.25, 0.3) is 5.91 Å². The summed E-state index contributed by atoms with van der Waals surface area (Å²) in [6.07, 6.45) is 0.937. The van der Waals surface area contributed by atoms with Crippen molar-refractivity contribution < 1.29 is 9.90 Å². The van der Waals surface area contributed by atoms with Gasteiger partial charge in [0.15, 0.2) is 0 Å². The molecule has 3 nitrogen and oxygen atoms in total. The van der Waals surface area contributed by atoms with E-state index in [1.165, 1.54) is 17.7 Å². The van der Waals surface area contributed by atoms with Crippen molar-refractivity contribution in [2.24, 2.45) is 0 Å². The monoisotopic (exact) mass is 275 g/mol. The third-order valence-corrected chi connectivity index (χ3v) is 3.15. The van der Waals surface area contributed by atoms with Crippen molar-refractivity contribution in [3.05, 3.63) is 58.6 Å². The molecular formula is C15H14ClNO2. The number of carbonyl (C=O) groups is 1. The van der Waals surface area contributed by atoms with Gasteiger partial charge in [-0.25, -0.2) is 0 Å². The third kappa shape index (κ3) is 3.26. The molecule has 0 aliphatic rings. The Hall–Kier alpha value is -2.00. The lowest BCUT2D eigenvalue weighted by Gasteiger charge is -2.07. The fraction of sp³-hybridized carbons (Fsp3) is 0.133. The predicted octanol–water partition coefficient (Wildman–Crippen LogP) is 3.86. The van der Waals surface area contributed by atoms with E-state index in [0.29, 0.717) is 11.3 Å². The highest BCUT2D eigenvalue weighted by Gasteiger charge is 2.07. The van der Waals surface area contributed by atoms with Crippen LogP contribution in [0.4, 0.5) is 5.69 Å². The number of hydrogen-bond donors (Lipinski definition) is 2. The number of anilines is 1. The van der Waals surface area contributed by atoms with Gasteiger partial charge in [0.2, 0.25) is 0 Å². The first-order valence-corrected chi connectivity index (χ1v) is 6.36. The number of amides is 1. The molecule has 0 aromatic heterocycles. The van der Waals surface area contributed by atoms with Crippen LogP contribution < -0.4 is 5.32 Å². The second-order valence-electron chi connectivity index (χ2n) is 4.17. The van der Waals surface area contributed by atoms with Crippen LogP contribution in [0.2, 0.25) is 5.02 Å². The molecule has 0 saturated heterocycles. The van der Waals surface area contributed by atoms with E-state index < -0.39 is 0 Å². The fourth-order valence-electron chi connectivity index (χ4n) is 1.69. The number of halogens is 1. The van der Waals surface area contributed by atoms with Crippen LogP contribution in [0, 0.1) is 0 Å². The van der Waals surface area contributed by atoms with E-state index in [-0.39, 0.29) is 16.7 Å². The largest absolute Gasteiger partial charge is 0.506 e. The molecule has 2 N–H and O–H groups in total. The van der Waals surface area contributed by atoms with Crippen LogP contribution in [0.5, 0.6) is 5.75 Å². The molecule has 0 fully saturated rings. The summed E-state index contributed by atoms with van der Waals surface area (Å²) in [5.74, 6) is -0.273. The second-order valence-corrected chi connectivity index (χ2v) is 4.58. The zero-order valence-electron chi connectivity index (χ0n) is 10.5. The smallest absolute Gasteiger partial charge is 0.255 e. The van der Waals surface area contributed by atoms with Crippen molar-refractivity contribution >= 4 is 23.2 Å². The number of rotatable bonds is 3. The summed E-state index contributed by atoms with van der Waals surface area (Å²) in [6.45, 7) is 2.06. The quantitative estimate of drug-likeness (QED) is 0.894. The van der Waals surface area contributed by atoms with Gasteiger partial charge in [0.05, 0.1) is 5.02 Å². The molecule has 0 atom stereocenters. The summed E-state index contributed by atoms with van der Waals surface area (Å²) in [6, 6.07) is 12.0. The summed E-state index contributed by atoms with van der Waals surface area (Å²) in [5, 5.41) is 12.4. The van der Waals surface area contributed by atoms with Gasteiger partial charge >= 0.3 is 0 Å². The van der Waals surface area contributed by atoms with Gasteiger partial charge in [-0.1, -0.05) is 30.7 Å². The Balaban J connectivity index is 2.13. The maximum absolute atomic E-state index is 12.0. The number of phenols is 1. The Morgan fingerprint density at radius 3 is 2.47 bits per heavy atom. The van der Waals surface area contributed by atoms with Gasteiger partial charge in [-0.05, 0) is 36.2 Å². The molecule has 0 radical (unpaired) electrons. The summed E-state index contributed by atoms with van der Waals surface area (Å²) < 4.78 is 0. The number of nitrogens with one attached hydrogen (secondary N) is 1. The van der Waals surface area contributed by atoms with Crippen LogP contribution in [0.1, 0.15) is 22.8 Å². The Morgan fingerprint density at radius 1 is 1.21 bits per heavy atom. The lowest BCUT2D eigenvalue weighted by molar-refractivity contribution is 0.102. The van der Waals surface area contributed by atoms with Crippen molar-refractivity contribution in [3.63, 3.8) is 0 Å². The first-order chi connectivity index (χ1) is 9.10. The highest BCUT2D eigenvalue weighted by molar-refractivity contribution is 6.32. The van der Waals surface area contributed by atoms with Crippen LogP contribution in [0.25, 0.3) is 0 Å². The Labute approximate surface area is 116 Å². The van der Waals surface area contributed by atoms with Gasteiger partial charge in [-0.15, -0.1) is 0 Å². The minimum absolute atomic E-state index is 0.0548. The third-order valence-electron chi connectivity index (χ3n) is 2.83. The van der Waals surface area contributed by atoms with Gasteiger partial charge in [0.1, 0.15) is 5.75 Å². The van der Waals surface area contributed by atoms with Crippen LogP contribution in [0.3, 0.4) is 0 Å². The summed E-state index contributed by atoms with van der Waals surface area (Å²) >= 11 is 5.70. The molecule has 0 bridgehead atoms. The zero-order valence-corrected chi connectivity index (χ0v) is 11.2. The van der Waals surface area contributed by atoms with Crippen molar-refractivity contribution in [1.82, 2.24) is 0 Å². The minimum Gasteiger partial charge on any atom is -0.506 e. The Morgan fingerprint density at radius 2 is 1.89 bits per heavy atom. The van der Waals surface area contributed by atoms with E-state index in [1.54, 1.807) is 18.2 Å². The molecule has 0 aliphatic carbocycles. The van der Waals surface area contributed by atoms with E-state index in [0.717, 1.165) is 6.42 Å². The van der Waals surface area contributed by atoms with Gasteiger partial charge in [-0.2, -0.15) is 0 Å². The molecule has 0 saturated carbocycles. The SMILES string of the molecule is CCc1ccc(C(=O)Nc2ccc(Cl)c(O)c2)cc1. The molecule has 0 heterocycles. The van der Waals surface area contributed by atoms with Crippen LogP contribution in [-0.2, 0) is 6.42 Å². The van der Waals surface area contributed by atoms with Crippen molar-refractivity contribution in [2.75, 3.05) is 5.32 Å². The lowest BCUT2D eigenvalue weighted by Crippen LogP contribution is -2.11. The molecule has 0 unspecified atom stereocenters. The van der Waals surface area contributed by atoms with Crippen molar-refractivity contribution in [1.29, 1.82) is 0 Å². The molecule has 2 aromatic rings. The molecule has 0 spiro atoms.